The van der Waals surface area contributed by atoms with Gasteiger partial charge in [-0.25, -0.2) is 4.98 Å². The van der Waals surface area contributed by atoms with E-state index in [1.54, 1.807) is 34.4 Å². The first-order valence-corrected chi connectivity index (χ1v) is 8.78. The second-order valence-corrected chi connectivity index (χ2v) is 7.14. The molecule has 19 heavy (non-hydrogen) atoms. The highest BCUT2D eigenvalue weighted by molar-refractivity contribution is 8.00. The van der Waals surface area contributed by atoms with Crippen molar-refractivity contribution < 1.29 is 0 Å². The Hall–Kier alpha value is -1.11. The van der Waals surface area contributed by atoms with E-state index in [2.05, 4.69) is 46.7 Å². The number of aromatic nitrogens is 2. The third kappa shape index (κ3) is 2.75. The molecule has 0 aliphatic carbocycles. The lowest BCUT2D eigenvalue weighted by molar-refractivity contribution is 0.904. The molecule has 0 fully saturated rings. The Kier molecular flexibility index (Phi) is 3.72. The fraction of sp³-hybridized carbons (Fsp3) is 0.231. The minimum atomic E-state index is 0.276. The van der Waals surface area contributed by atoms with E-state index in [1.807, 2.05) is 11.7 Å². The van der Waals surface area contributed by atoms with E-state index in [0.29, 0.717) is 0 Å². The van der Waals surface area contributed by atoms with Crippen LogP contribution in [0, 0.1) is 0 Å². The van der Waals surface area contributed by atoms with Crippen molar-refractivity contribution in [1.82, 2.24) is 9.97 Å². The third-order valence-corrected chi connectivity index (χ3v) is 5.77. The summed E-state index contributed by atoms with van der Waals surface area (Å²) in [7, 11) is 0. The summed E-state index contributed by atoms with van der Waals surface area (Å²) in [4.78, 5) is 9.91. The number of benzene rings is 1. The minimum absolute atomic E-state index is 0.276. The highest BCUT2D eigenvalue weighted by Gasteiger charge is 2.08. The van der Waals surface area contributed by atoms with Crippen LogP contribution in [-0.4, -0.2) is 16.2 Å². The lowest BCUT2D eigenvalue weighted by atomic mass is 10.2. The molecule has 2 aromatic heterocycles. The Morgan fingerprint density at radius 3 is 3.00 bits per heavy atom. The van der Waals surface area contributed by atoms with Gasteiger partial charge in [0, 0.05) is 16.8 Å². The second kappa shape index (κ2) is 5.48. The number of anilines is 1. The van der Waals surface area contributed by atoms with Gasteiger partial charge in [0.25, 0.3) is 0 Å². The van der Waals surface area contributed by atoms with E-state index in [9.17, 15) is 0 Å². The van der Waals surface area contributed by atoms with Crippen LogP contribution in [0.4, 0.5) is 5.69 Å². The molecule has 2 heterocycles. The van der Waals surface area contributed by atoms with Crippen LogP contribution in [0.1, 0.15) is 17.8 Å². The summed E-state index contributed by atoms with van der Waals surface area (Å²) in [5.41, 5.74) is 4.07. The van der Waals surface area contributed by atoms with Crippen LogP contribution in [0.5, 0.6) is 0 Å². The van der Waals surface area contributed by atoms with Gasteiger partial charge in [-0.15, -0.1) is 22.7 Å². The molecule has 0 bridgehead atoms. The number of hydrogen-bond acceptors (Lipinski definition) is 6. The molecule has 1 atom stereocenters. The summed E-state index contributed by atoms with van der Waals surface area (Å²) in [6, 6.07) is 6.61. The maximum atomic E-state index is 4.55. The van der Waals surface area contributed by atoms with Crippen LogP contribution >= 0.6 is 34.4 Å². The van der Waals surface area contributed by atoms with Crippen molar-refractivity contribution >= 4 is 50.3 Å². The quantitative estimate of drug-likeness (QED) is 0.712. The van der Waals surface area contributed by atoms with Crippen molar-refractivity contribution in [2.24, 2.45) is 0 Å². The number of hydrogen-bond donors (Lipinski definition) is 1. The number of thioether (sulfide) groups is 1. The van der Waals surface area contributed by atoms with Gasteiger partial charge in [-0.1, -0.05) is 11.8 Å². The van der Waals surface area contributed by atoms with E-state index in [-0.39, 0.29) is 6.04 Å². The first kappa shape index (κ1) is 12.9. The van der Waals surface area contributed by atoms with E-state index < -0.39 is 0 Å². The van der Waals surface area contributed by atoms with Crippen molar-refractivity contribution in [3.63, 3.8) is 0 Å². The molecule has 3 rings (SSSR count). The summed E-state index contributed by atoms with van der Waals surface area (Å²) in [5, 5.41) is 3.51. The molecule has 0 radical (unpaired) electrons. The van der Waals surface area contributed by atoms with Gasteiger partial charge >= 0.3 is 0 Å². The van der Waals surface area contributed by atoms with Gasteiger partial charge in [0.05, 0.1) is 21.8 Å². The molecular weight excluding hydrogens is 294 g/mol. The van der Waals surface area contributed by atoms with E-state index in [1.165, 1.54) is 9.58 Å². The topological polar surface area (TPSA) is 37.8 Å². The molecule has 0 saturated heterocycles. The van der Waals surface area contributed by atoms with Gasteiger partial charge in [-0.2, -0.15) is 0 Å². The molecule has 98 valence electrons. The summed E-state index contributed by atoms with van der Waals surface area (Å²) in [5.74, 6) is 0. The molecule has 0 spiro atoms. The van der Waals surface area contributed by atoms with Crippen molar-refractivity contribution in [3.8, 4) is 0 Å². The van der Waals surface area contributed by atoms with Crippen molar-refractivity contribution in [2.75, 3.05) is 11.6 Å². The van der Waals surface area contributed by atoms with Gasteiger partial charge in [-0.3, -0.25) is 4.98 Å². The molecule has 6 heteroatoms. The average Bonchev–Trinajstić information content (AvgIpc) is 3.07. The van der Waals surface area contributed by atoms with Crippen molar-refractivity contribution in [2.45, 2.75) is 17.3 Å². The van der Waals surface area contributed by atoms with E-state index in [0.717, 1.165) is 15.5 Å². The number of nitrogens with one attached hydrogen (secondary N) is 1. The summed E-state index contributed by atoms with van der Waals surface area (Å²) in [6.45, 7) is 2.15. The maximum Gasteiger partial charge on any atom is 0.150 e. The zero-order chi connectivity index (χ0) is 13.2. The number of thiazole rings is 2. The SMILES string of the molecule is CSc1nc2ccc(NC(C)c3cncs3)cc2s1. The summed E-state index contributed by atoms with van der Waals surface area (Å²) >= 11 is 5.11. The summed E-state index contributed by atoms with van der Waals surface area (Å²) < 4.78 is 2.34. The molecule has 1 N–H and O–H groups in total. The lowest BCUT2D eigenvalue weighted by Crippen LogP contribution is -2.04. The second-order valence-electron chi connectivity index (χ2n) is 4.14. The molecule has 0 amide bonds. The Morgan fingerprint density at radius 1 is 1.37 bits per heavy atom. The monoisotopic (exact) mass is 307 g/mol. The Labute approximate surface area is 124 Å². The predicted octanol–water partition coefficient (Wildman–Crippen LogP) is 4.65. The fourth-order valence-electron chi connectivity index (χ4n) is 1.84. The molecule has 1 aromatic carbocycles. The highest BCUT2D eigenvalue weighted by atomic mass is 32.2. The average molecular weight is 307 g/mol. The maximum absolute atomic E-state index is 4.55. The van der Waals surface area contributed by atoms with Crippen LogP contribution in [0.2, 0.25) is 0 Å². The van der Waals surface area contributed by atoms with Crippen LogP contribution < -0.4 is 5.32 Å². The van der Waals surface area contributed by atoms with Gasteiger partial charge in [0.15, 0.2) is 4.34 Å². The molecule has 3 aromatic rings. The number of fused-ring (bicyclic) bond motifs is 1. The zero-order valence-electron chi connectivity index (χ0n) is 10.6. The van der Waals surface area contributed by atoms with Crippen LogP contribution in [0.25, 0.3) is 10.2 Å². The van der Waals surface area contributed by atoms with Crippen LogP contribution in [-0.2, 0) is 0 Å². The van der Waals surface area contributed by atoms with Crippen LogP contribution in [0.3, 0.4) is 0 Å². The Bertz CT molecular complexity index is 676. The predicted molar refractivity (Wildman–Crippen MR) is 85.6 cm³/mol. The summed E-state index contributed by atoms with van der Waals surface area (Å²) in [6.07, 6.45) is 3.97. The lowest BCUT2D eigenvalue weighted by Gasteiger charge is -2.12. The standard InChI is InChI=1S/C13H13N3S3/c1-8(12-6-14-7-18-12)15-9-3-4-10-11(5-9)19-13(16-10)17-2/h3-8,15H,1-2H3. The molecule has 0 aliphatic rings. The van der Waals surface area contributed by atoms with Crippen LogP contribution in [0.15, 0.2) is 34.2 Å². The number of rotatable bonds is 4. The third-order valence-electron chi connectivity index (χ3n) is 2.80. The normalized spacial score (nSPS) is 12.7. The Morgan fingerprint density at radius 2 is 2.26 bits per heavy atom. The van der Waals surface area contributed by atoms with Gasteiger partial charge in [-0.05, 0) is 31.4 Å². The fourth-order valence-corrected chi connectivity index (χ4v) is 4.00. The largest absolute Gasteiger partial charge is 0.378 e. The first-order chi connectivity index (χ1) is 9.26. The molecule has 0 aliphatic heterocycles. The molecular formula is C13H13N3S3. The smallest absolute Gasteiger partial charge is 0.150 e. The highest BCUT2D eigenvalue weighted by Crippen LogP contribution is 2.31. The van der Waals surface area contributed by atoms with Crippen molar-refractivity contribution in [1.29, 1.82) is 0 Å². The minimum Gasteiger partial charge on any atom is -0.378 e. The van der Waals surface area contributed by atoms with Gasteiger partial charge < -0.3 is 5.32 Å². The van der Waals surface area contributed by atoms with E-state index >= 15 is 0 Å². The van der Waals surface area contributed by atoms with E-state index in [4.69, 9.17) is 0 Å². The Balaban J connectivity index is 1.85. The molecule has 0 saturated carbocycles. The molecule has 3 nitrogen and oxygen atoms in total. The first-order valence-electron chi connectivity index (χ1n) is 5.86. The molecule has 1 unspecified atom stereocenters. The number of nitrogens with zero attached hydrogens (tertiary/aromatic N) is 2. The zero-order valence-corrected chi connectivity index (χ0v) is 13.0. The van der Waals surface area contributed by atoms with Crippen molar-refractivity contribution in [3.05, 3.63) is 34.8 Å². The van der Waals surface area contributed by atoms with Gasteiger partial charge in [0.2, 0.25) is 0 Å². The van der Waals surface area contributed by atoms with Gasteiger partial charge in [0.1, 0.15) is 0 Å².